The average molecular weight is 656 g/mol. The van der Waals surface area contributed by atoms with Crippen molar-refractivity contribution in [3.63, 3.8) is 0 Å². The minimum atomic E-state index is -1.51. The number of aryl methyl sites for hydroxylation is 1. The fourth-order valence-corrected chi connectivity index (χ4v) is 8.68. The van der Waals surface area contributed by atoms with Gasteiger partial charge in [0, 0.05) is 50.1 Å². The smallest absolute Gasteiger partial charge is 0.263 e. The monoisotopic (exact) mass is 655 g/mol. The van der Waals surface area contributed by atoms with E-state index in [0.29, 0.717) is 36.3 Å². The number of carbonyl (C=O) groups excluding carboxylic acids is 2. The van der Waals surface area contributed by atoms with Crippen LogP contribution in [-0.2, 0) is 22.2 Å². The topological polar surface area (TPSA) is 79.0 Å². The number of carbonyl (C=O) groups is 2. The van der Waals surface area contributed by atoms with Crippen LogP contribution >= 0.6 is 11.6 Å². The number of halogens is 1. The van der Waals surface area contributed by atoms with Gasteiger partial charge in [0.15, 0.2) is 0 Å². The van der Waals surface area contributed by atoms with Crippen LogP contribution in [0.15, 0.2) is 36.4 Å². The Bertz CT molecular complexity index is 1400. The maximum Gasteiger partial charge on any atom is 0.263 e. The van der Waals surface area contributed by atoms with Crippen molar-refractivity contribution in [1.82, 2.24) is 9.62 Å². The normalized spacial score (nSPS) is 29.0. The maximum atomic E-state index is 13.4. The summed E-state index contributed by atoms with van der Waals surface area (Å²) in [5.74, 6) is 2.16. The molecule has 0 spiro atoms. The predicted octanol–water partition coefficient (Wildman–Crippen LogP) is 7.00. The Kier molecular flexibility index (Phi) is 11.2. The minimum Gasteiger partial charge on any atom is -0.491 e. The molecule has 45 heavy (non-hydrogen) atoms. The van der Waals surface area contributed by atoms with Crippen molar-refractivity contribution >= 4 is 40.1 Å². The molecule has 1 N–H and O–H groups in total. The van der Waals surface area contributed by atoms with Crippen LogP contribution in [0, 0.1) is 23.7 Å². The molecule has 2 aromatic carbocycles. The number of hydrogen-bond donors (Lipinski definition) is 1. The molecule has 9 heteroatoms. The molecule has 2 amide bonds. The zero-order valence-corrected chi connectivity index (χ0v) is 29.1. The summed E-state index contributed by atoms with van der Waals surface area (Å²) < 4.78 is 22.5. The number of ether oxygens (including phenoxy) is 1. The lowest BCUT2D eigenvalue weighted by atomic mass is 9.64. The predicted molar refractivity (Wildman–Crippen MR) is 183 cm³/mol. The molecule has 0 aromatic heterocycles. The van der Waals surface area contributed by atoms with E-state index in [1.807, 2.05) is 39.2 Å². The number of nitrogens with one attached hydrogen (secondary N) is 1. The number of fused-ring (bicyclic) bond motifs is 2. The van der Waals surface area contributed by atoms with Gasteiger partial charge in [-0.2, -0.15) is 0 Å². The van der Waals surface area contributed by atoms with Gasteiger partial charge >= 0.3 is 0 Å². The summed E-state index contributed by atoms with van der Waals surface area (Å²) in [6.45, 7) is 8.37. The van der Waals surface area contributed by atoms with Gasteiger partial charge in [-0.05, 0) is 104 Å². The van der Waals surface area contributed by atoms with E-state index in [1.165, 1.54) is 11.1 Å². The van der Waals surface area contributed by atoms with E-state index in [1.54, 1.807) is 11.0 Å². The van der Waals surface area contributed by atoms with Crippen LogP contribution in [-0.4, -0.2) is 60.0 Å². The molecule has 5 rings (SSSR count). The molecular formula is C36H50ClN3O4S. The van der Waals surface area contributed by atoms with Gasteiger partial charge in [-0.25, -0.2) is 4.21 Å². The highest BCUT2D eigenvalue weighted by molar-refractivity contribution is 7.84. The van der Waals surface area contributed by atoms with Crippen molar-refractivity contribution < 1.29 is 18.5 Å². The molecular weight excluding hydrogens is 606 g/mol. The molecule has 1 aliphatic carbocycles. The van der Waals surface area contributed by atoms with Gasteiger partial charge in [0.25, 0.3) is 5.91 Å². The van der Waals surface area contributed by atoms with Crippen LogP contribution in [0.3, 0.4) is 0 Å². The molecule has 7 atom stereocenters. The quantitative estimate of drug-likeness (QED) is 0.375. The van der Waals surface area contributed by atoms with E-state index in [2.05, 4.69) is 35.6 Å². The molecule has 2 aliphatic heterocycles. The fourth-order valence-electron chi connectivity index (χ4n) is 7.45. The second-order valence-electron chi connectivity index (χ2n) is 13.8. The van der Waals surface area contributed by atoms with E-state index in [-0.39, 0.29) is 28.9 Å². The Balaban J connectivity index is 1.52. The number of nitrogens with zero attached hydrogens (tertiary/aromatic N) is 2. The summed E-state index contributed by atoms with van der Waals surface area (Å²) >= 11 is 6.43. The van der Waals surface area contributed by atoms with E-state index in [4.69, 9.17) is 16.3 Å². The Morgan fingerprint density at radius 2 is 1.89 bits per heavy atom. The lowest BCUT2D eigenvalue weighted by Gasteiger charge is -2.45. The molecule has 2 heterocycles. The van der Waals surface area contributed by atoms with Crippen molar-refractivity contribution in [3.05, 3.63) is 58.1 Å². The molecule has 0 saturated heterocycles. The highest BCUT2D eigenvalue weighted by Crippen LogP contribution is 2.46. The van der Waals surface area contributed by atoms with Gasteiger partial charge in [-0.3, -0.25) is 14.3 Å². The summed E-state index contributed by atoms with van der Waals surface area (Å²) in [5.41, 5.74) is 3.91. The van der Waals surface area contributed by atoms with Crippen LogP contribution in [0.5, 0.6) is 5.75 Å². The minimum absolute atomic E-state index is 0.124. The fraction of sp³-hybridized carbons (Fsp3) is 0.611. The van der Waals surface area contributed by atoms with Gasteiger partial charge in [0.05, 0.1) is 17.5 Å². The third kappa shape index (κ3) is 7.87. The summed E-state index contributed by atoms with van der Waals surface area (Å²) in [5, 5.41) is 0.565. The van der Waals surface area contributed by atoms with Crippen molar-refractivity contribution in [2.45, 2.75) is 83.3 Å². The van der Waals surface area contributed by atoms with E-state index in [0.717, 1.165) is 74.5 Å². The number of rotatable bonds is 5. The summed E-state index contributed by atoms with van der Waals surface area (Å²) in [4.78, 5) is 30.5. The number of benzene rings is 2. The summed E-state index contributed by atoms with van der Waals surface area (Å²) in [7, 11) is 2.18. The van der Waals surface area contributed by atoms with E-state index >= 15 is 0 Å². The van der Waals surface area contributed by atoms with Crippen LogP contribution < -0.4 is 14.4 Å². The van der Waals surface area contributed by atoms with Gasteiger partial charge in [-0.1, -0.05) is 44.4 Å². The molecule has 2 bridgehead atoms. The summed E-state index contributed by atoms with van der Waals surface area (Å²) in [6.07, 6.45) is 7.67. The second-order valence-corrected chi connectivity index (χ2v) is 15.8. The van der Waals surface area contributed by atoms with Crippen molar-refractivity contribution in [1.29, 1.82) is 0 Å². The van der Waals surface area contributed by atoms with Gasteiger partial charge in [0.2, 0.25) is 5.91 Å². The lowest BCUT2D eigenvalue weighted by molar-refractivity contribution is -0.130. The first kappa shape index (κ1) is 33.8. The third-order valence-electron chi connectivity index (χ3n) is 10.5. The Morgan fingerprint density at radius 3 is 2.60 bits per heavy atom. The summed E-state index contributed by atoms with van der Waals surface area (Å²) in [6, 6.07) is 11.8. The largest absolute Gasteiger partial charge is 0.491 e. The standard InChI is InChI=1S/C36H50ClN3O4S/c1-6-8-25-17-30(37)13-15-32(25)29-21-40-20-28-11-14-31(28)26(19-35(41)39(4)5)10-7-9-23(2)24(3)45(43)38-36(42)27-12-16-34(44-22-29)33(40)18-27/h12-13,15-18,23-24,26,28-29,31H,6-11,14,19-22H2,1-5H3,(H,38,42). The Hall–Kier alpha value is -2.58. The van der Waals surface area contributed by atoms with Gasteiger partial charge < -0.3 is 14.5 Å². The number of hydrogen-bond acceptors (Lipinski definition) is 5. The molecule has 3 aliphatic rings. The Morgan fingerprint density at radius 1 is 1.09 bits per heavy atom. The molecule has 1 saturated carbocycles. The van der Waals surface area contributed by atoms with Crippen LogP contribution in [0.2, 0.25) is 5.02 Å². The van der Waals surface area contributed by atoms with Crippen molar-refractivity contribution in [2.75, 3.05) is 38.7 Å². The number of anilines is 1. The molecule has 7 nitrogen and oxygen atoms in total. The molecule has 2 aromatic rings. The van der Waals surface area contributed by atoms with E-state index < -0.39 is 11.0 Å². The zero-order valence-electron chi connectivity index (χ0n) is 27.5. The van der Waals surface area contributed by atoms with Crippen molar-refractivity contribution in [3.8, 4) is 5.75 Å². The highest BCUT2D eigenvalue weighted by atomic mass is 35.5. The van der Waals surface area contributed by atoms with Gasteiger partial charge in [0.1, 0.15) is 16.7 Å². The number of amides is 2. The lowest BCUT2D eigenvalue weighted by Crippen LogP contribution is -2.43. The highest BCUT2D eigenvalue weighted by Gasteiger charge is 2.40. The first-order chi connectivity index (χ1) is 21.5. The third-order valence-corrected chi connectivity index (χ3v) is 12.3. The van der Waals surface area contributed by atoms with E-state index in [9.17, 15) is 13.8 Å². The first-order valence-corrected chi connectivity index (χ1v) is 18.4. The SMILES string of the molecule is CCCc1cc(Cl)ccc1C1COc2ccc3cc2N(C1)CC1CCC1C(CC(=O)N(C)C)CCCC(C)C(C)S(=O)NC3=O. The van der Waals surface area contributed by atoms with Crippen LogP contribution in [0.25, 0.3) is 0 Å². The molecule has 1 fully saturated rings. The van der Waals surface area contributed by atoms with Crippen LogP contribution in [0.4, 0.5) is 5.69 Å². The first-order valence-electron chi connectivity index (χ1n) is 16.8. The Labute approximate surface area is 277 Å². The second kappa shape index (κ2) is 14.9. The average Bonchev–Trinajstić information content (AvgIpc) is 3.17. The molecule has 0 radical (unpaired) electrons. The van der Waals surface area contributed by atoms with Crippen molar-refractivity contribution in [2.24, 2.45) is 23.7 Å². The van der Waals surface area contributed by atoms with Gasteiger partial charge in [-0.15, -0.1) is 0 Å². The zero-order chi connectivity index (χ0) is 32.2. The molecule has 7 unspecified atom stereocenters. The maximum absolute atomic E-state index is 13.4. The molecule has 246 valence electrons. The van der Waals surface area contributed by atoms with Crippen LogP contribution in [0.1, 0.15) is 93.1 Å².